The first-order valence-corrected chi connectivity index (χ1v) is 8.50. The van der Waals surface area contributed by atoms with E-state index in [-0.39, 0.29) is 5.56 Å². The molecule has 3 aromatic heterocycles. The van der Waals surface area contributed by atoms with Gasteiger partial charge < -0.3 is 9.47 Å². The van der Waals surface area contributed by atoms with Crippen LogP contribution in [0.4, 0.5) is 0 Å². The second-order valence-electron chi connectivity index (χ2n) is 5.22. The first kappa shape index (κ1) is 15.9. The Kier molecular flexibility index (Phi) is 3.82. The molecule has 0 aliphatic carbocycles. The Morgan fingerprint density at radius 3 is 2.60 bits per heavy atom. The number of pyridine rings is 1. The maximum absolute atomic E-state index is 12.9. The zero-order chi connectivity index (χ0) is 17.6. The van der Waals surface area contributed by atoms with Crippen molar-refractivity contribution in [1.29, 1.82) is 0 Å². The molecule has 0 unspecified atom stereocenters. The fourth-order valence-electron chi connectivity index (χ4n) is 2.65. The Balaban J connectivity index is 1.99. The van der Waals surface area contributed by atoms with Gasteiger partial charge in [-0.05, 0) is 24.3 Å². The lowest BCUT2D eigenvalue weighted by molar-refractivity contribution is 0.414. The van der Waals surface area contributed by atoms with E-state index in [1.165, 1.54) is 22.2 Å². The summed E-state index contributed by atoms with van der Waals surface area (Å²) in [5, 5.41) is 1.01. The van der Waals surface area contributed by atoms with Gasteiger partial charge in [0.1, 0.15) is 38.0 Å². The van der Waals surface area contributed by atoms with E-state index in [1.807, 2.05) is 0 Å². The zero-order valence-electron chi connectivity index (χ0n) is 13.3. The quantitative estimate of drug-likeness (QED) is 0.513. The van der Waals surface area contributed by atoms with Crippen LogP contribution < -0.4 is 15.0 Å². The van der Waals surface area contributed by atoms with E-state index >= 15 is 0 Å². The minimum atomic E-state index is -0.170. The van der Waals surface area contributed by atoms with Gasteiger partial charge in [-0.25, -0.2) is 9.97 Å². The van der Waals surface area contributed by atoms with E-state index < -0.39 is 0 Å². The number of rotatable bonds is 3. The second-order valence-corrected chi connectivity index (χ2v) is 6.61. The average Bonchev–Trinajstić information content (AvgIpc) is 3.00. The number of hydrogen-bond donors (Lipinski definition) is 0. The highest BCUT2D eigenvalue weighted by Crippen LogP contribution is 2.37. The van der Waals surface area contributed by atoms with Crippen molar-refractivity contribution in [2.75, 3.05) is 14.2 Å². The van der Waals surface area contributed by atoms with Crippen molar-refractivity contribution in [3.8, 4) is 17.2 Å². The first-order valence-electron chi connectivity index (χ1n) is 7.31. The molecule has 0 saturated carbocycles. The van der Waals surface area contributed by atoms with E-state index in [1.54, 1.807) is 44.6 Å². The number of halogens is 1. The lowest BCUT2D eigenvalue weighted by Gasteiger charge is -2.06. The summed E-state index contributed by atoms with van der Waals surface area (Å²) in [4.78, 5) is 22.3. The van der Waals surface area contributed by atoms with E-state index in [0.29, 0.717) is 37.0 Å². The first-order chi connectivity index (χ1) is 12.1. The van der Waals surface area contributed by atoms with Crippen LogP contribution in [-0.2, 0) is 0 Å². The topological polar surface area (TPSA) is 66.2 Å². The molecule has 25 heavy (non-hydrogen) atoms. The third kappa shape index (κ3) is 2.52. The second kappa shape index (κ2) is 6.02. The van der Waals surface area contributed by atoms with E-state index in [4.69, 9.17) is 21.1 Å². The molecule has 0 fully saturated rings. The number of hydrogen-bond acceptors (Lipinski definition) is 6. The van der Waals surface area contributed by atoms with Crippen LogP contribution in [0.15, 0.2) is 41.5 Å². The van der Waals surface area contributed by atoms with Crippen LogP contribution in [0.1, 0.15) is 0 Å². The van der Waals surface area contributed by atoms with Gasteiger partial charge in [-0.3, -0.25) is 9.36 Å². The molecule has 0 N–H and O–H groups in total. The predicted octanol–water partition coefficient (Wildman–Crippen LogP) is 3.67. The Hall–Kier alpha value is -2.64. The van der Waals surface area contributed by atoms with Gasteiger partial charge in [0.05, 0.1) is 25.3 Å². The van der Waals surface area contributed by atoms with E-state index in [2.05, 4.69) is 9.97 Å². The van der Waals surface area contributed by atoms with Crippen molar-refractivity contribution in [2.24, 2.45) is 0 Å². The normalized spacial score (nSPS) is 11.2. The molecule has 6 nitrogen and oxygen atoms in total. The van der Waals surface area contributed by atoms with Gasteiger partial charge in [-0.15, -0.1) is 11.3 Å². The van der Waals surface area contributed by atoms with E-state index in [9.17, 15) is 4.79 Å². The van der Waals surface area contributed by atoms with Gasteiger partial charge in [0, 0.05) is 6.07 Å². The Morgan fingerprint density at radius 1 is 1.16 bits per heavy atom. The number of benzene rings is 1. The molecule has 0 aliphatic rings. The summed E-state index contributed by atoms with van der Waals surface area (Å²) in [6, 6.07) is 8.81. The fourth-order valence-corrected chi connectivity index (χ4v) is 3.96. The highest BCUT2D eigenvalue weighted by Gasteiger charge is 2.17. The largest absolute Gasteiger partial charge is 0.497 e. The SMILES string of the molecule is COc1ccc(-n2cnc3c(sc4nc(Cl)cc(OC)c43)c2=O)cc1. The molecule has 0 amide bonds. The lowest BCUT2D eigenvalue weighted by Crippen LogP contribution is -2.17. The molecule has 126 valence electrons. The van der Waals surface area contributed by atoms with Crippen LogP contribution in [0.25, 0.3) is 26.1 Å². The number of aromatic nitrogens is 3. The molecule has 0 bridgehead atoms. The number of thiophene rings is 1. The monoisotopic (exact) mass is 373 g/mol. The van der Waals surface area contributed by atoms with Crippen LogP contribution in [-0.4, -0.2) is 28.8 Å². The summed E-state index contributed by atoms with van der Waals surface area (Å²) in [6.45, 7) is 0. The maximum Gasteiger partial charge on any atom is 0.275 e. The van der Waals surface area contributed by atoms with Crippen molar-refractivity contribution in [3.63, 3.8) is 0 Å². The van der Waals surface area contributed by atoms with Crippen LogP contribution in [0.5, 0.6) is 11.5 Å². The van der Waals surface area contributed by atoms with Crippen molar-refractivity contribution < 1.29 is 9.47 Å². The molecule has 4 aromatic rings. The molecule has 0 saturated heterocycles. The van der Waals surface area contributed by atoms with Crippen molar-refractivity contribution >= 4 is 43.4 Å². The van der Waals surface area contributed by atoms with Crippen LogP contribution in [0.3, 0.4) is 0 Å². The molecule has 4 rings (SSSR count). The smallest absolute Gasteiger partial charge is 0.275 e. The van der Waals surface area contributed by atoms with Gasteiger partial charge in [0.25, 0.3) is 5.56 Å². The number of fused-ring (bicyclic) bond motifs is 3. The van der Waals surface area contributed by atoms with Gasteiger partial charge >= 0.3 is 0 Å². The Labute approximate surface area is 151 Å². The van der Waals surface area contributed by atoms with Gasteiger partial charge in [-0.2, -0.15) is 0 Å². The molecule has 0 spiro atoms. The summed E-state index contributed by atoms with van der Waals surface area (Å²) < 4.78 is 12.5. The minimum Gasteiger partial charge on any atom is -0.497 e. The van der Waals surface area contributed by atoms with Gasteiger partial charge in [-0.1, -0.05) is 11.6 Å². The zero-order valence-corrected chi connectivity index (χ0v) is 14.9. The van der Waals surface area contributed by atoms with E-state index in [0.717, 1.165) is 5.75 Å². The number of methoxy groups -OCH3 is 2. The standard InChI is InChI=1S/C17H12ClN3O3S/c1-23-10-5-3-9(4-6-10)21-8-19-14-13-11(24-2)7-12(18)20-16(13)25-15(14)17(21)22/h3-8H,1-2H3. The maximum atomic E-state index is 12.9. The highest BCUT2D eigenvalue weighted by molar-refractivity contribution is 7.25. The number of nitrogens with zero attached hydrogens (tertiary/aromatic N) is 3. The summed E-state index contributed by atoms with van der Waals surface area (Å²) in [5.41, 5.74) is 1.10. The Bertz CT molecular complexity index is 1150. The molecule has 1 aromatic carbocycles. The summed E-state index contributed by atoms with van der Waals surface area (Å²) in [6.07, 6.45) is 1.51. The molecular formula is C17H12ClN3O3S. The summed E-state index contributed by atoms with van der Waals surface area (Å²) >= 11 is 7.28. The molecule has 8 heteroatoms. The number of ether oxygens (including phenoxy) is 2. The fraction of sp³-hybridized carbons (Fsp3) is 0.118. The molecule has 0 radical (unpaired) electrons. The molecular weight excluding hydrogens is 362 g/mol. The van der Waals surface area contributed by atoms with Crippen molar-refractivity contribution in [2.45, 2.75) is 0 Å². The predicted molar refractivity (Wildman–Crippen MR) is 98.6 cm³/mol. The molecule has 0 aliphatic heterocycles. The van der Waals surface area contributed by atoms with Crippen LogP contribution >= 0.6 is 22.9 Å². The van der Waals surface area contributed by atoms with Crippen LogP contribution in [0.2, 0.25) is 5.15 Å². The highest BCUT2D eigenvalue weighted by atomic mass is 35.5. The molecule has 0 atom stereocenters. The van der Waals surface area contributed by atoms with Crippen molar-refractivity contribution in [3.05, 3.63) is 52.2 Å². The lowest BCUT2D eigenvalue weighted by atomic mass is 10.2. The third-order valence-electron chi connectivity index (χ3n) is 3.86. The molecule has 3 heterocycles. The van der Waals surface area contributed by atoms with Gasteiger partial charge in [0.15, 0.2) is 0 Å². The Morgan fingerprint density at radius 2 is 1.92 bits per heavy atom. The average molecular weight is 374 g/mol. The van der Waals surface area contributed by atoms with Gasteiger partial charge in [0.2, 0.25) is 0 Å². The summed E-state index contributed by atoms with van der Waals surface area (Å²) in [5.74, 6) is 1.27. The third-order valence-corrected chi connectivity index (χ3v) is 5.11. The summed E-state index contributed by atoms with van der Waals surface area (Å²) in [7, 11) is 3.14. The minimum absolute atomic E-state index is 0.170. The van der Waals surface area contributed by atoms with Crippen molar-refractivity contribution in [1.82, 2.24) is 14.5 Å². The van der Waals surface area contributed by atoms with Crippen LogP contribution in [0, 0.1) is 0 Å².